The Balaban J connectivity index is 1.50. The van der Waals surface area contributed by atoms with Crippen LogP contribution < -0.4 is 0 Å². The summed E-state index contributed by atoms with van der Waals surface area (Å²) in [5.41, 5.74) is 2.97. The Morgan fingerprint density at radius 2 is 1.72 bits per heavy atom. The molecular weight excluding hydrogens is 352 g/mol. The summed E-state index contributed by atoms with van der Waals surface area (Å²) in [5, 5.41) is 9.23. The van der Waals surface area contributed by atoms with Crippen molar-refractivity contribution in [2.75, 3.05) is 0 Å². The molecule has 8 atom stereocenters. The summed E-state index contributed by atoms with van der Waals surface area (Å²) < 4.78 is 0. The van der Waals surface area contributed by atoms with Crippen LogP contribution >= 0.6 is 0 Å². The van der Waals surface area contributed by atoms with Gasteiger partial charge in [-0.2, -0.15) is 0 Å². The summed E-state index contributed by atoms with van der Waals surface area (Å²) >= 11 is 0. The van der Waals surface area contributed by atoms with Crippen LogP contribution in [0.3, 0.4) is 0 Å². The highest BCUT2D eigenvalue weighted by atomic mass is 16.2. The summed E-state index contributed by atoms with van der Waals surface area (Å²) in [6.07, 6.45) is 20.5. The van der Waals surface area contributed by atoms with Crippen molar-refractivity contribution >= 4 is 0 Å². The lowest BCUT2D eigenvalue weighted by Crippen LogP contribution is -2.53. The first-order valence-electron chi connectivity index (χ1n) is 12.5. The monoisotopic (exact) mass is 396 g/mol. The summed E-state index contributed by atoms with van der Waals surface area (Å²) in [7, 11) is 0. The van der Waals surface area contributed by atoms with Gasteiger partial charge in [-0.1, -0.05) is 52.3 Å². The molecule has 0 bridgehead atoms. The Morgan fingerprint density at radius 1 is 0.966 bits per heavy atom. The van der Waals surface area contributed by atoms with Gasteiger partial charge in [0.1, 0.15) is 0 Å². The number of aliphatic hydroxyl groups is 1. The SMILES string of the molecule is C=C(C=C[C@@H](C)[C@H]1CC[C@H]2[C@@H]3CCC4CCCC[C@]4(C)[C@H]3CC[C@]12C)C(C)=CO. The Morgan fingerprint density at radius 3 is 2.48 bits per heavy atom. The van der Waals surface area contributed by atoms with E-state index in [0.717, 1.165) is 40.7 Å². The van der Waals surface area contributed by atoms with Gasteiger partial charge in [0.05, 0.1) is 6.26 Å². The average Bonchev–Trinajstić information content (AvgIpc) is 3.08. The van der Waals surface area contributed by atoms with Crippen molar-refractivity contribution in [2.24, 2.45) is 46.3 Å². The highest BCUT2D eigenvalue weighted by Crippen LogP contribution is 2.68. The highest BCUT2D eigenvalue weighted by molar-refractivity contribution is 5.34. The second kappa shape index (κ2) is 7.93. The predicted octanol–water partition coefficient (Wildman–Crippen LogP) is 8.25. The molecule has 0 aromatic heterocycles. The van der Waals surface area contributed by atoms with E-state index in [4.69, 9.17) is 0 Å². The number of hydrogen-bond donors (Lipinski definition) is 1. The van der Waals surface area contributed by atoms with Crippen molar-refractivity contribution in [3.8, 4) is 0 Å². The molecule has 0 aliphatic heterocycles. The summed E-state index contributed by atoms with van der Waals surface area (Å²) in [6.45, 7) is 13.8. The molecule has 4 saturated carbocycles. The number of aliphatic hydroxyl groups excluding tert-OH is 1. The van der Waals surface area contributed by atoms with E-state index in [1.165, 1.54) is 70.5 Å². The van der Waals surface area contributed by atoms with Crippen molar-refractivity contribution in [3.63, 3.8) is 0 Å². The van der Waals surface area contributed by atoms with Crippen molar-refractivity contribution in [3.05, 3.63) is 36.1 Å². The molecule has 162 valence electrons. The van der Waals surface area contributed by atoms with Gasteiger partial charge in [-0.3, -0.25) is 0 Å². The van der Waals surface area contributed by atoms with E-state index in [2.05, 4.69) is 39.5 Å². The van der Waals surface area contributed by atoms with E-state index in [1.807, 2.05) is 6.92 Å². The van der Waals surface area contributed by atoms with Crippen molar-refractivity contribution in [1.29, 1.82) is 0 Å². The maximum absolute atomic E-state index is 9.23. The van der Waals surface area contributed by atoms with Gasteiger partial charge in [0.25, 0.3) is 0 Å². The van der Waals surface area contributed by atoms with E-state index in [0.29, 0.717) is 16.7 Å². The molecular formula is C28H44O. The maximum Gasteiger partial charge on any atom is 0.0826 e. The lowest BCUT2D eigenvalue weighted by molar-refractivity contribution is -0.112. The number of fused-ring (bicyclic) bond motifs is 5. The molecule has 4 aliphatic carbocycles. The van der Waals surface area contributed by atoms with Crippen LogP contribution in [0.25, 0.3) is 0 Å². The minimum Gasteiger partial charge on any atom is -0.515 e. The lowest BCUT2D eigenvalue weighted by atomic mass is 9.44. The molecule has 1 unspecified atom stereocenters. The van der Waals surface area contributed by atoms with Gasteiger partial charge in [-0.15, -0.1) is 0 Å². The summed E-state index contributed by atoms with van der Waals surface area (Å²) in [4.78, 5) is 0. The Labute approximate surface area is 179 Å². The van der Waals surface area contributed by atoms with Crippen LogP contribution in [0.1, 0.15) is 91.9 Å². The minimum absolute atomic E-state index is 0.520. The second-order valence-corrected chi connectivity index (χ2v) is 11.7. The quantitative estimate of drug-likeness (QED) is 0.374. The molecule has 0 amide bonds. The van der Waals surface area contributed by atoms with Crippen LogP contribution in [-0.4, -0.2) is 5.11 Å². The molecule has 0 spiro atoms. The van der Waals surface area contributed by atoms with Crippen LogP contribution in [0.2, 0.25) is 0 Å². The molecule has 4 aliphatic rings. The molecule has 1 nitrogen and oxygen atoms in total. The molecule has 0 heterocycles. The van der Waals surface area contributed by atoms with Crippen molar-refractivity contribution in [1.82, 2.24) is 0 Å². The summed E-state index contributed by atoms with van der Waals surface area (Å²) in [5.74, 6) is 5.35. The molecule has 0 radical (unpaired) electrons. The first-order valence-corrected chi connectivity index (χ1v) is 12.5. The minimum atomic E-state index is 0.520. The van der Waals surface area contributed by atoms with E-state index >= 15 is 0 Å². The Kier molecular flexibility index (Phi) is 5.82. The van der Waals surface area contributed by atoms with Gasteiger partial charge < -0.3 is 5.11 Å². The van der Waals surface area contributed by atoms with Crippen molar-refractivity contribution in [2.45, 2.75) is 91.9 Å². The van der Waals surface area contributed by atoms with E-state index < -0.39 is 0 Å². The highest BCUT2D eigenvalue weighted by Gasteiger charge is 2.59. The standard InChI is InChI=1S/C28H44O/c1-19(21(3)18-29)9-10-20(2)24-13-14-25-23-12-11-22-8-6-7-16-27(22,4)26(23)15-17-28(24,25)5/h9-10,18,20,22-26,29H,1,6-8,11-17H2,2-5H3/t20-,22?,23+,24-,25+,26+,27+,28-/m1/s1. The molecule has 4 fully saturated rings. The van der Waals surface area contributed by atoms with Gasteiger partial charge in [-0.05, 0) is 116 Å². The largest absolute Gasteiger partial charge is 0.515 e. The fourth-order valence-electron chi connectivity index (χ4n) is 8.82. The topological polar surface area (TPSA) is 20.2 Å². The van der Waals surface area contributed by atoms with Gasteiger partial charge in [-0.25, -0.2) is 0 Å². The molecule has 4 rings (SSSR count). The smallest absolute Gasteiger partial charge is 0.0826 e. The lowest BCUT2D eigenvalue weighted by Gasteiger charge is -2.60. The molecule has 29 heavy (non-hydrogen) atoms. The van der Waals surface area contributed by atoms with Crippen LogP contribution in [0.15, 0.2) is 36.1 Å². The first-order chi connectivity index (χ1) is 13.8. The molecule has 0 aromatic rings. The number of rotatable bonds is 4. The zero-order valence-corrected chi connectivity index (χ0v) is 19.4. The van der Waals surface area contributed by atoms with Gasteiger partial charge in [0, 0.05) is 0 Å². The van der Waals surface area contributed by atoms with Crippen molar-refractivity contribution < 1.29 is 5.11 Å². The van der Waals surface area contributed by atoms with Gasteiger partial charge >= 0.3 is 0 Å². The fourth-order valence-corrected chi connectivity index (χ4v) is 8.82. The van der Waals surface area contributed by atoms with Gasteiger partial charge in [0.2, 0.25) is 0 Å². The zero-order valence-electron chi connectivity index (χ0n) is 19.4. The fraction of sp³-hybridized carbons (Fsp3) is 0.786. The third kappa shape index (κ3) is 3.45. The summed E-state index contributed by atoms with van der Waals surface area (Å²) in [6, 6.07) is 0. The molecule has 1 N–H and O–H groups in total. The Hall–Kier alpha value is -0.980. The normalized spacial score (nSPS) is 46.1. The second-order valence-electron chi connectivity index (χ2n) is 11.7. The average molecular weight is 397 g/mol. The molecule has 0 saturated heterocycles. The first kappa shape index (κ1) is 21.3. The number of hydrogen-bond acceptors (Lipinski definition) is 1. The van der Waals surface area contributed by atoms with Gasteiger partial charge in [0.15, 0.2) is 0 Å². The third-order valence-corrected chi connectivity index (χ3v) is 10.6. The molecule has 1 heteroatoms. The van der Waals surface area contributed by atoms with Crippen LogP contribution in [0, 0.1) is 46.3 Å². The maximum atomic E-state index is 9.23. The van der Waals surface area contributed by atoms with E-state index in [-0.39, 0.29) is 0 Å². The molecule has 0 aromatic carbocycles. The zero-order chi connectivity index (χ0) is 20.8. The van der Waals surface area contributed by atoms with E-state index in [9.17, 15) is 5.11 Å². The van der Waals surface area contributed by atoms with E-state index in [1.54, 1.807) is 0 Å². The van der Waals surface area contributed by atoms with Crippen LogP contribution in [0.4, 0.5) is 0 Å². The Bertz CT molecular complexity index is 686. The van der Waals surface area contributed by atoms with Crippen LogP contribution in [0.5, 0.6) is 0 Å². The predicted molar refractivity (Wildman–Crippen MR) is 124 cm³/mol. The third-order valence-electron chi connectivity index (χ3n) is 10.6. The van der Waals surface area contributed by atoms with Crippen LogP contribution in [-0.2, 0) is 0 Å². The number of allylic oxidation sites excluding steroid dienone is 4.